The topological polar surface area (TPSA) is 69.6 Å². The number of carboxylic acids is 1. The van der Waals surface area contributed by atoms with Crippen LogP contribution in [0.1, 0.15) is 20.8 Å². The van der Waals surface area contributed by atoms with Gasteiger partial charge in [0.1, 0.15) is 0 Å². The minimum atomic E-state index is -0.916. The van der Waals surface area contributed by atoms with Crippen molar-refractivity contribution >= 4 is 5.97 Å². The van der Waals surface area contributed by atoms with E-state index in [1.165, 1.54) is 0 Å². The molecule has 11 heavy (non-hydrogen) atoms. The first-order chi connectivity index (χ1) is 4.84. The number of aliphatic hydroxyl groups is 1. The Morgan fingerprint density at radius 1 is 1.64 bits per heavy atom. The summed E-state index contributed by atoms with van der Waals surface area (Å²) in [5.41, 5.74) is -0.880. The Morgan fingerprint density at radius 3 is 2.36 bits per heavy atom. The van der Waals surface area contributed by atoms with Gasteiger partial charge in [-0.3, -0.25) is 4.79 Å². The highest BCUT2D eigenvalue weighted by molar-refractivity contribution is 5.69. The Morgan fingerprint density at radius 2 is 2.09 bits per heavy atom. The summed E-state index contributed by atoms with van der Waals surface area (Å²) < 4.78 is 0. The second-order valence-corrected chi connectivity index (χ2v) is 3.15. The number of nitrogens with one attached hydrogen (secondary N) is 1. The molecule has 0 bridgehead atoms. The molecule has 4 nitrogen and oxygen atoms in total. The summed E-state index contributed by atoms with van der Waals surface area (Å²) >= 11 is 0. The molecule has 0 aliphatic rings. The maximum atomic E-state index is 10.1. The van der Waals surface area contributed by atoms with Crippen LogP contribution in [0.3, 0.4) is 0 Å². The van der Waals surface area contributed by atoms with E-state index in [-0.39, 0.29) is 12.6 Å². The predicted octanol–water partition coefficient (Wildman–Crippen LogP) is -0.180. The van der Waals surface area contributed by atoms with Crippen LogP contribution in [0.15, 0.2) is 0 Å². The lowest BCUT2D eigenvalue weighted by atomic mass is 10.0. The summed E-state index contributed by atoms with van der Waals surface area (Å²) in [5, 5.41) is 20.3. The molecule has 0 aromatic carbocycles. The Labute approximate surface area is 66.2 Å². The molecule has 1 atom stereocenters. The number of carboxylic acid groups (broad SMARTS) is 1. The van der Waals surface area contributed by atoms with Crippen LogP contribution >= 0.6 is 0 Å². The van der Waals surface area contributed by atoms with Crippen LogP contribution in [0.5, 0.6) is 0 Å². The highest BCUT2D eigenvalue weighted by Gasteiger charge is 2.21. The van der Waals surface area contributed by atoms with Gasteiger partial charge in [0.05, 0.1) is 12.1 Å². The number of aliphatic carboxylic acids is 1. The number of hydrogen-bond acceptors (Lipinski definition) is 3. The van der Waals surface area contributed by atoms with Gasteiger partial charge < -0.3 is 15.5 Å². The van der Waals surface area contributed by atoms with Crippen LogP contribution < -0.4 is 5.32 Å². The van der Waals surface area contributed by atoms with Gasteiger partial charge >= 0.3 is 5.97 Å². The molecule has 3 N–H and O–H groups in total. The largest absolute Gasteiger partial charge is 0.480 e. The van der Waals surface area contributed by atoms with Crippen LogP contribution in [-0.2, 0) is 4.79 Å². The fourth-order valence-electron chi connectivity index (χ4n) is 0.490. The average Bonchev–Trinajstić information content (AvgIpc) is 1.80. The highest BCUT2D eigenvalue weighted by atomic mass is 16.4. The van der Waals surface area contributed by atoms with E-state index in [1.807, 2.05) is 0 Å². The highest BCUT2D eigenvalue weighted by Crippen LogP contribution is 2.06. The summed E-state index contributed by atoms with van der Waals surface area (Å²) in [6, 6.07) is -0.224. The van der Waals surface area contributed by atoms with Crippen LogP contribution in [0.2, 0.25) is 0 Å². The van der Waals surface area contributed by atoms with Gasteiger partial charge in [0.15, 0.2) is 0 Å². The van der Waals surface area contributed by atoms with Crippen molar-refractivity contribution in [3.05, 3.63) is 0 Å². The molecule has 0 rings (SSSR count). The molecule has 4 heteroatoms. The van der Waals surface area contributed by atoms with Gasteiger partial charge in [0.25, 0.3) is 0 Å². The van der Waals surface area contributed by atoms with Gasteiger partial charge in [-0.1, -0.05) is 0 Å². The number of hydrogen-bond donors (Lipinski definition) is 3. The molecule has 0 aliphatic carbocycles. The third-order valence-electron chi connectivity index (χ3n) is 1.62. The van der Waals surface area contributed by atoms with Crippen LogP contribution in [-0.4, -0.2) is 34.4 Å². The molecule has 0 spiro atoms. The van der Waals surface area contributed by atoms with Crippen molar-refractivity contribution in [3.63, 3.8) is 0 Å². The van der Waals surface area contributed by atoms with Crippen molar-refractivity contribution in [3.8, 4) is 0 Å². The average molecular weight is 161 g/mol. The quantitative estimate of drug-likeness (QED) is 0.535. The van der Waals surface area contributed by atoms with Gasteiger partial charge in [-0.25, -0.2) is 0 Å². The summed E-state index contributed by atoms with van der Waals surface area (Å²) in [7, 11) is 0. The minimum absolute atomic E-state index is 0.120. The predicted molar refractivity (Wildman–Crippen MR) is 41.4 cm³/mol. The van der Waals surface area contributed by atoms with Crippen LogP contribution in [0.25, 0.3) is 0 Å². The summed E-state index contributed by atoms with van der Waals surface area (Å²) in [6.45, 7) is 4.88. The Balaban J connectivity index is 3.70. The molecule has 0 saturated carbocycles. The monoisotopic (exact) mass is 161 g/mol. The van der Waals surface area contributed by atoms with Gasteiger partial charge in [-0.2, -0.15) is 0 Å². The standard InChI is InChI=1S/C7H15NO3/c1-5(7(2,3)11)8-4-6(9)10/h5,8,11H,4H2,1-3H3,(H,9,10). The second kappa shape index (κ2) is 3.69. The minimum Gasteiger partial charge on any atom is -0.480 e. The molecule has 0 aromatic heterocycles. The van der Waals surface area contributed by atoms with Crippen molar-refractivity contribution in [1.29, 1.82) is 0 Å². The zero-order chi connectivity index (χ0) is 9.07. The van der Waals surface area contributed by atoms with E-state index in [0.717, 1.165) is 0 Å². The third kappa shape index (κ3) is 4.75. The van der Waals surface area contributed by atoms with E-state index in [0.29, 0.717) is 0 Å². The molecule has 0 aromatic rings. The van der Waals surface area contributed by atoms with E-state index >= 15 is 0 Å². The van der Waals surface area contributed by atoms with Crippen molar-refractivity contribution < 1.29 is 15.0 Å². The SMILES string of the molecule is CC(NCC(=O)O)C(C)(C)O. The Bertz CT molecular complexity index is 139. The molecule has 0 fully saturated rings. The number of carbonyl (C=O) groups is 1. The van der Waals surface area contributed by atoms with Gasteiger partial charge in [0, 0.05) is 6.04 Å². The maximum absolute atomic E-state index is 10.1. The lowest BCUT2D eigenvalue weighted by Crippen LogP contribution is -2.46. The Kier molecular flexibility index (Phi) is 3.48. The van der Waals surface area contributed by atoms with E-state index in [9.17, 15) is 9.90 Å². The fraction of sp³-hybridized carbons (Fsp3) is 0.857. The summed E-state index contributed by atoms with van der Waals surface area (Å²) in [6.07, 6.45) is 0. The lowest BCUT2D eigenvalue weighted by Gasteiger charge is -2.25. The molecule has 0 radical (unpaired) electrons. The van der Waals surface area contributed by atoms with Crippen molar-refractivity contribution in [2.75, 3.05) is 6.54 Å². The van der Waals surface area contributed by atoms with E-state index in [4.69, 9.17) is 5.11 Å². The first-order valence-corrected chi connectivity index (χ1v) is 3.51. The van der Waals surface area contributed by atoms with Crippen LogP contribution in [0, 0.1) is 0 Å². The van der Waals surface area contributed by atoms with Gasteiger partial charge in [-0.15, -0.1) is 0 Å². The van der Waals surface area contributed by atoms with Crippen molar-refractivity contribution in [2.24, 2.45) is 0 Å². The molecule has 0 heterocycles. The Hall–Kier alpha value is -0.610. The molecular formula is C7H15NO3. The van der Waals surface area contributed by atoms with Crippen LogP contribution in [0.4, 0.5) is 0 Å². The van der Waals surface area contributed by atoms with E-state index < -0.39 is 11.6 Å². The molecule has 0 amide bonds. The zero-order valence-electron chi connectivity index (χ0n) is 7.09. The first-order valence-electron chi connectivity index (χ1n) is 3.51. The smallest absolute Gasteiger partial charge is 0.317 e. The van der Waals surface area contributed by atoms with Gasteiger partial charge in [0.2, 0.25) is 0 Å². The fourth-order valence-corrected chi connectivity index (χ4v) is 0.490. The molecule has 66 valence electrons. The normalized spacial score (nSPS) is 14.5. The van der Waals surface area contributed by atoms with Gasteiger partial charge in [-0.05, 0) is 20.8 Å². The second-order valence-electron chi connectivity index (χ2n) is 3.15. The molecule has 1 unspecified atom stereocenters. The molecule has 0 saturated heterocycles. The van der Waals surface area contributed by atoms with E-state index in [2.05, 4.69) is 5.32 Å². The van der Waals surface area contributed by atoms with E-state index in [1.54, 1.807) is 20.8 Å². The lowest BCUT2D eigenvalue weighted by molar-refractivity contribution is -0.136. The molecular weight excluding hydrogens is 146 g/mol. The zero-order valence-corrected chi connectivity index (χ0v) is 7.09. The molecule has 0 aliphatic heterocycles. The maximum Gasteiger partial charge on any atom is 0.317 e. The number of rotatable bonds is 4. The summed E-state index contributed by atoms with van der Waals surface area (Å²) in [4.78, 5) is 10.1. The van der Waals surface area contributed by atoms with Crippen molar-refractivity contribution in [1.82, 2.24) is 5.32 Å². The summed E-state index contributed by atoms with van der Waals surface area (Å²) in [5.74, 6) is -0.916. The first kappa shape index (κ1) is 10.4. The third-order valence-corrected chi connectivity index (χ3v) is 1.62. The van der Waals surface area contributed by atoms with Crippen molar-refractivity contribution in [2.45, 2.75) is 32.4 Å².